The molecule has 1 atom stereocenters. The fraction of sp³-hybridized carbons (Fsp3) is 0.538. The first kappa shape index (κ1) is 10.5. The van der Waals surface area contributed by atoms with Gasteiger partial charge in [-0.2, -0.15) is 0 Å². The molecule has 0 aromatic heterocycles. The van der Waals surface area contributed by atoms with Gasteiger partial charge in [-0.25, -0.2) is 0 Å². The zero-order chi connectivity index (χ0) is 10.8. The second-order valence-electron chi connectivity index (χ2n) is 4.29. The number of benzene rings is 1. The molecule has 0 N–H and O–H groups in total. The molecule has 0 spiro atoms. The third-order valence-corrected chi connectivity index (χ3v) is 2.80. The zero-order valence-corrected chi connectivity index (χ0v) is 9.62. The Labute approximate surface area is 91.2 Å². The van der Waals surface area contributed by atoms with Crippen LogP contribution >= 0.6 is 0 Å². The van der Waals surface area contributed by atoms with E-state index in [1.165, 1.54) is 11.1 Å². The molecule has 1 aliphatic rings. The van der Waals surface area contributed by atoms with Crippen LogP contribution in [0.25, 0.3) is 0 Å². The molecule has 15 heavy (non-hydrogen) atoms. The molecule has 0 bridgehead atoms. The van der Waals surface area contributed by atoms with E-state index in [4.69, 9.17) is 9.47 Å². The zero-order valence-electron chi connectivity index (χ0n) is 9.62. The van der Waals surface area contributed by atoms with E-state index in [0.717, 1.165) is 18.6 Å². The predicted octanol–water partition coefficient (Wildman–Crippen LogP) is 3.11. The standard InChI is InChI=1S/C13H18O2/c1-9(2)15-11-6-4-10-5-7-13(14-3)12(10)8-11/h4,6,8-9,13H,5,7H2,1-3H3. The van der Waals surface area contributed by atoms with Gasteiger partial charge in [0.2, 0.25) is 0 Å². The SMILES string of the molecule is COC1CCc2ccc(OC(C)C)cc21. The van der Waals surface area contributed by atoms with Crippen LogP contribution < -0.4 is 4.74 Å². The van der Waals surface area contributed by atoms with Gasteiger partial charge in [-0.15, -0.1) is 0 Å². The van der Waals surface area contributed by atoms with Crippen LogP contribution in [0.4, 0.5) is 0 Å². The molecule has 2 nitrogen and oxygen atoms in total. The van der Waals surface area contributed by atoms with Crippen molar-refractivity contribution in [3.05, 3.63) is 29.3 Å². The van der Waals surface area contributed by atoms with Crippen LogP contribution in [0.2, 0.25) is 0 Å². The molecule has 1 aromatic rings. The lowest BCUT2D eigenvalue weighted by Crippen LogP contribution is -2.06. The van der Waals surface area contributed by atoms with Gasteiger partial charge < -0.3 is 9.47 Å². The van der Waals surface area contributed by atoms with Crippen molar-refractivity contribution >= 4 is 0 Å². The summed E-state index contributed by atoms with van der Waals surface area (Å²) in [5, 5.41) is 0. The molecule has 0 fully saturated rings. The lowest BCUT2D eigenvalue weighted by Gasteiger charge is -2.13. The molecule has 0 amide bonds. The van der Waals surface area contributed by atoms with E-state index >= 15 is 0 Å². The Bertz CT molecular complexity index is 344. The molecular weight excluding hydrogens is 188 g/mol. The largest absolute Gasteiger partial charge is 0.491 e. The minimum Gasteiger partial charge on any atom is -0.491 e. The molecule has 0 saturated heterocycles. The van der Waals surface area contributed by atoms with E-state index < -0.39 is 0 Å². The number of fused-ring (bicyclic) bond motifs is 1. The summed E-state index contributed by atoms with van der Waals surface area (Å²) in [6.45, 7) is 4.09. The topological polar surface area (TPSA) is 18.5 Å². The number of ether oxygens (including phenoxy) is 2. The fourth-order valence-electron chi connectivity index (χ4n) is 2.13. The molecule has 82 valence electrons. The summed E-state index contributed by atoms with van der Waals surface area (Å²) in [5.41, 5.74) is 2.70. The van der Waals surface area contributed by atoms with E-state index in [1.54, 1.807) is 7.11 Å². The predicted molar refractivity (Wildman–Crippen MR) is 60.3 cm³/mol. The summed E-state index contributed by atoms with van der Waals surface area (Å²) in [7, 11) is 1.77. The van der Waals surface area contributed by atoms with Crippen LogP contribution in [0.3, 0.4) is 0 Å². The van der Waals surface area contributed by atoms with Crippen molar-refractivity contribution in [3.63, 3.8) is 0 Å². The third kappa shape index (κ3) is 2.15. The Morgan fingerprint density at radius 2 is 2.13 bits per heavy atom. The van der Waals surface area contributed by atoms with Crippen molar-refractivity contribution in [2.45, 2.75) is 38.9 Å². The molecule has 2 rings (SSSR count). The van der Waals surface area contributed by atoms with Gasteiger partial charge in [-0.05, 0) is 49.9 Å². The van der Waals surface area contributed by atoms with Gasteiger partial charge in [-0.1, -0.05) is 6.07 Å². The first-order chi connectivity index (χ1) is 7.20. The second-order valence-corrected chi connectivity index (χ2v) is 4.29. The Hall–Kier alpha value is -1.02. The lowest BCUT2D eigenvalue weighted by molar-refractivity contribution is 0.105. The van der Waals surface area contributed by atoms with Gasteiger partial charge in [0.1, 0.15) is 5.75 Å². The Morgan fingerprint density at radius 1 is 1.33 bits per heavy atom. The number of hydrogen-bond acceptors (Lipinski definition) is 2. The summed E-state index contributed by atoms with van der Waals surface area (Å²) in [6, 6.07) is 6.33. The number of methoxy groups -OCH3 is 1. The number of aryl methyl sites for hydroxylation is 1. The fourth-order valence-corrected chi connectivity index (χ4v) is 2.13. The van der Waals surface area contributed by atoms with Gasteiger partial charge in [0, 0.05) is 7.11 Å². The molecule has 2 heteroatoms. The van der Waals surface area contributed by atoms with Crippen molar-refractivity contribution in [2.75, 3.05) is 7.11 Å². The normalized spacial score (nSPS) is 19.3. The summed E-state index contributed by atoms with van der Waals surface area (Å²) in [6.07, 6.45) is 2.70. The monoisotopic (exact) mass is 206 g/mol. The minimum atomic E-state index is 0.227. The quantitative estimate of drug-likeness (QED) is 0.756. The van der Waals surface area contributed by atoms with Crippen molar-refractivity contribution in [1.29, 1.82) is 0 Å². The van der Waals surface area contributed by atoms with Crippen LogP contribution in [0, 0.1) is 0 Å². The first-order valence-electron chi connectivity index (χ1n) is 5.53. The van der Waals surface area contributed by atoms with Crippen LogP contribution in [0.5, 0.6) is 5.75 Å². The lowest BCUT2D eigenvalue weighted by atomic mass is 10.1. The molecule has 0 heterocycles. The van der Waals surface area contributed by atoms with Crippen molar-refractivity contribution < 1.29 is 9.47 Å². The molecule has 1 aliphatic carbocycles. The van der Waals surface area contributed by atoms with E-state index in [1.807, 2.05) is 13.8 Å². The van der Waals surface area contributed by atoms with Crippen molar-refractivity contribution in [3.8, 4) is 5.75 Å². The molecule has 0 radical (unpaired) electrons. The van der Waals surface area contributed by atoms with Gasteiger partial charge >= 0.3 is 0 Å². The highest BCUT2D eigenvalue weighted by Crippen LogP contribution is 2.35. The van der Waals surface area contributed by atoms with E-state index in [0.29, 0.717) is 0 Å². The van der Waals surface area contributed by atoms with Crippen LogP contribution in [0.15, 0.2) is 18.2 Å². The average molecular weight is 206 g/mol. The number of rotatable bonds is 3. The van der Waals surface area contributed by atoms with E-state index in [9.17, 15) is 0 Å². The summed E-state index contributed by atoms with van der Waals surface area (Å²) in [5.74, 6) is 0.952. The average Bonchev–Trinajstić information content (AvgIpc) is 2.59. The van der Waals surface area contributed by atoms with Gasteiger partial charge in [0.05, 0.1) is 12.2 Å². The maximum atomic E-state index is 5.68. The highest BCUT2D eigenvalue weighted by molar-refractivity contribution is 5.40. The van der Waals surface area contributed by atoms with Gasteiger partial charge in [0.15, 0.2) is 0 Å². The Morgan fingerprint density at radius 3 is 2.80 bits per heavy atom. The Balaban J connectivity index is 2.24. The van der Waals surface area contributed by atoms with Crippen molar-refractivity contribution in [2.24, 2.45) is 0 Å². The van der Waals surface area contributed by atoms with E-state index in [2.05, 4.69) is 18.2 Å². The van der Waals surface area contributed by atoms with E-state index in [-0.39, 0.29) is 12.2 Å². The van der Waals surface area contributed by atoms with Crippen molar-refractivity contribution in [1.82, 2.24) is 0 Å². The summed E-state index contributed by atoms with van der Waals surface area (Å²) in [4.78, 5) is 0. The maximum Gasteiger partial charge on any atom is 0.120 e. The summed E-state index contributed by atoms with van der Waals surface area (Å²) < 4.78 is 11.1. The number of hydrogen-bond donors (Lipinski definition) is 0. The summed E-state index contributed by atoms with van der Waals surface area (Å²) >= 11 is 0. The van der Waals surface area contributed by atoms with Gasteiger partial charge in [0.25, 0.3) is 0 Å². The third-order valence-electron chi connectivity index (χ3n) is 2.80. The first-order valence-corrected chi connectivity index (χ1v) is 5.53. The van der Waals surface area contributed by atoms with Crippen LogP contribution in [0.1, 0.15) is 37.5 Å². The molecule has 1 aromatic carbocycles. The molecular formula is C13H18O2. The molecule has 0 saturated carbocycles. The highest BCUT2D eigenvalue weighted by Gasteiger charge is 2.22. The maximum absolute atomic E-state index is 5.68. The van der Waals surface area contributed by atoms with Crippen LogP contribution in [-0.4, -0.2) is 13.2 Å². The molecule has 0 aliphatic heterocycles. The Kier molecular flexibility index (Phi) is 2.96. The molecule has 1 unspecified atom stereocenters. The smallest absolute Gasteiger partial charge is 0.120 e. The van der Waals surface area contributed by atoms with Crippen LogP contribution in [-0.2, 0) is 11.2 Å². The minimum absolute atomic E-state index is 0.227. The highest BCUT2D eigenvalue weighted by atomic mass is 16.5. The second kappa shape index (κ2) is 4.23. The van der Waals surface area contributed by atoms with Gasteiger partial charge in [-0.3, -0.25) is 0 Å².